The molecule has 1 N–H and O–H groups in total. The van der Waals surface area contributed by atoms with Crippen LogP contribution in [0.3, 0.4) is 0 Å². The molecule has 1 aromatic carbocycles. The number of nitrogens with zero attached hydrogens (tertiary/aromatic N) is 1. The van der Waals surface area contributed by atoms with E-state index in [4.69, 9.17) is 28.3 Å². The molecule has 5 heteroatoms. The predicted octanol–water partition coefficient (Wildman–Crippen LogP) is 2.51. The Morgan fingerprint density at radius 1 is 1.47 bits per heavy atom. The van der Waals surface area contributed by atoms with Crippen molar-refractivity contribution in [1.82, 2.24) is 4.90 Å². The van der Waals surface area contributed by atoms with Gasteiger partial charge in [0.15, 0.2) is 0 Å². The summed E-state index contributed by atoms with van der Waals surface area (Å²) in [5.74, 6) is -0.865. The first-order valence-electron chi connectivity index (χ1n) is 4.33. The van der Waals surface area contributed by atoms with Crippen molar-refractivity contribution in [3.05, 3.63) is 33.8 Å². The second-order valence-corrected chi connectivity index (χ2v) is 4.15. The van der Waals surface area contributed by atoms with Gasteiger partial charge in [0.1, 0.15) is 0 Å². The number of hydrogen-bond acceptors (Lipinski definition) is 2. The van der Waals surface area contributed by atoms with Crippen LogP contribution in [0.25, 0.3) is 0 Å². The molecule has 0 unspecified atom stereocenters. The lowest BCUT2D eigenvalue weighted by Gasteiger charge is -2.14. The van der Waals surface area contributed by atoms with Gasteiger partial charge in [0.2, 0.25) is 0 Å². The molecule has 0 amide bonds. The fourth-order valence-corrected chi connectivity index (χ4v) is 1.61. The lowest BCUT2D eigenvalue weighted by atomic mass is 10.2. The number of benzene rings is 1. The van der Waals surface area contributed by atoms with Crippen molar-refractivity contribution in [3.63, 3.8) is 0 Å². The molecule has 3 nitrogen and oxygen atoms in total. The summed E-state index contributed by atoms with van der Waals surface area (Å²) in [7, 11) is 1.71. The quantitative estimate of drug-likeness (QED) is 0.889. The largest absolute Gasteiger partial charge is 0.480 e. The topological polar surface area (TPSA) is 40.5 Å². The van der Waals surface area contributed by atoms with Crippen LogP contribution in [0.4, 0.5) is 0 Å². The van der Waals surface area contributed by atoms with E-state index in [1.807, 2.05) is 0 Å². The maximum atomic E-state index is 10.5. The van der Waals surface area contributed by atoms with Crippen molar-refractivity contribution in [2.75, 3.05) is 13.6 Å². The minimum Gasteiger partial charge on any atom is -0.480 e. The number of carbonyl (C=O) groups is 1. The summed E-state index contributed by atoms with van der Waals surface area (Å²) in [4.78, 5) is 12.1. The molecule has 0 atom stereocenters. The number of aliphatic carboxylic acids is 1. The zero-order valence-electron chi connectivity index (χ0n) is 8.20. The Hall–Kier alpha value is -0.770. The third-order valence-electron chi connectivity index (χ3n) is 1.85. The first-order valence-corrected chi connectivity index (χ1v) is 5.09. The molecule has 0 bridgehead atoms. The summed E-state index contributed by atoms with van der Waals surface area (Å²) in [5, 5.41) is 9.77. The van der Waals surface area contributed by atoms with Crippen LogP contribution < -0.4 is 0 Å². The van der Waals surface area contributed by atoms with E-state index in [0.717, 1.165) is 5.56 Å². The van der Waals surface area contributed by atoms with E-state index in [9.17, 15) is 4.79 Å². The normalized spacial score (nSPS) is 10.7. The summed E-state index contributed by atoms with van der Waals surface area (Å²) < 4.78 is 0. The van der Waals surface area contributed by atoms with Gasteiger partial charge in [-0.15, -0.1) is 0 Å². The summed E-state index contributed by atoms with van der Waals surface area (Å²) in [6.45, 7) is 0.439. The highest BCUT2D eigenvalue weighted by Gasteiger charge is 2.08. The molecule has 0 aliphatic rings. The highest BCUT2D eigenvalue weighted by molar-refractivity contribution is 6.33. The fraction of sp³-hybridized carbons (Fsp3) is 0.300. The molecule has 0 spiro atoms. The van der Waals surface area contributed by atoms with Gasteiger partial charge >= 0.3 is 5.97 Å². The van der Waals surface area contributed by atoms with E-state index in [-0.39, 0.29) is 6.54 Å². The highest BCUT2D eigenvalue weighted by Crippen LogP contribution is 2.21. The molecular formula is C10H11Cl2NO2. The number of hydrogen-bond donors (Lipinski definition) is 1. The van der Waals surface area contributed by atoms with Crippen LogP contribution in [0.2, 0.25) is 10.0 Å². The van der Waals surface area contributed by atoms with Crippen molar-refractivity contribution in [2.45, 2.75) is 6.54 Å². The average Bonchev–Trinajstić information content (AvgIpc) is 2.10. The van der Waals surface area contributed by atoms with Crippen molar-refractivity contribution in [2.24, 2.45) is 0 Å². The van der Waals surface area contributed by atoms with E-state index in [1.165, 1.54) is 0 Å². The van der Waals surface area contributed by atoms with Crippen LogP contribution in [0.15, 0.2) is 18.2 Å². The Labute approximate surface area is 98.2 Å². The van der Waals surface area contributed by atoms with Gasteiger partial charge in [0.05, 0.1) is 6.54 Å². The number of carboxylic acid groups (broad SMARTS) is 1. The molecule has 0 aliphatic carbocycles. The lowest BCUT2D eigenvalue weighted by Crippen LogP contribution is -2.25. The van der Waals surface area contributed by atoms with Gasteiger partial charge in [-0.2, -0.15) is 0 Å². The van der Waals surface area contributed by atoms with E-state index in [2.05, 4.69) is 0 Å². The maximum absolute atomic E-state index is 10.5. The molecule has 0 aromatic heterocycles. The zero-order chi connectivity index (χ0) is 11.4. The minimum atomic E-state index is -0.865. The van der Waals surface area contributed by atoms with E-state index in [0.29, 0.717) is 16.6 Å². The molecule has 82 valence electrons. The second kappa shape index (κ2) is 5.35. The molecular weight excluding hydrogens is 237 g/mol. The van der Waals surface area contributed by atoms with E-state index in [1.54, 1.807) is 30.1 Å². The van der Waals surface area contributed by atoms with Crippen LogP contribution in [0.1, 0.15) is 5.56 Å². The van der Waals surface area contributed by atoms with Crippen LogP contribution >= 0.6 is 23.2 Å². The van der Waals surface area contributed by atoms with Crippen LogP contribution in [0, 0.1) is 0 Å². The van der Waals surface area contributed by atoms with Crippen LogP contribution in [-0.4, -0.2) is 29.6 Å². The molecule has 1 aromatic rings. The average molecular weight is 248 g/mol. The Bertz CT molecular complexity index is 368. The van der Waals surface area contributed by atoms with Crippen molar-refractivity contribution in [1.29, 1.82) is 0 Å². The standard InChI is InChI=1S/C10H11Cl2NO2/c1-13(6-10(14)15)5-7-4-8(11)2-3-9(7)12/h2-4H,5-6H2,1H3,(H,14,15). The Kier molecular flexibility index (Phi) is 4.39. The molecule has 0 saturated heterocycles. The molecule has 15 heavy (non-hydrogen) atoms. The fourth-order valence-electron chi connectivity index (χ4n) is 1.24. The van der Waals surface area contributed by atoms with Gasteiger partial charge in [-0.1, -0.05) is 23.2 Å². The van der Waals surface area contributed by atoms with Gasteiger partial charge in [-0.3, -0.25) is 9.69 Å². The minimum absolute atomic E-state index is 0.0250. The second-order valence-electron chi connectivity index (χ2n) is 3.30. The summed E-state index contributed by atoms with van der Waals surface area (Å²) >= 11 is 11.8. The van der Waals surface area contributed by atoms with Gasteiger partial charge in [0.25, 0.3) is 0 Å². The van der Waals surface area contributed by atoms with Gasteiger partial charge in [0, 0.05) is 16.6 Å². The highest BCUT2D eigenvalue weighted by atomic mass is 35.5. The van der Waals surface area contributed by atoms with Gasteiger partial charge < -0.3 is 5.11 Å². The molecule has 1 rings (SSSR count). The monoisotopic (exact) mass is 247 g/mol. The third-order valence-corrected chi connectivity index (χ3v) is 2.46. The third kappa shape index (κ3) is 4.08. The van der Waals surface area contributed by atoms with Gasteiger partial charge in [-0.25, -0.2) is 0 Å². The van der Waals surface area contributed by atoms with Crippen molar-refractivity contribution < 1.29 is 9.90 Å². The Morgan fingerprint density at radius 2 is 2.13 bits per heavy atom. The predicted molar refractivity (Wildman–Crippen MR) is 60.4 cm³/mol. The first-order chi connectivity index (χ1) is 6.99. The van der Waals surface area contributed by atoms with Crippen molar-refractivity contribution >= 4 is 29.2 Å². The molecule has 0 heterocycles. The van der Waals surface area contributed by atoms with Crippen LogP contribution in [0.5, 0.6) is 0 Å². The van der Waals surface area contributed by atoms with Crippen LogP contribution in [-0.2, 0) is 11.3 Å². The molecule has 0 radical (unpaired) electrons. The zero-order valence-corrected chi connectivity index (χ0v) is 9.72. The van der Waals surface area contributed by atoms with E-state index < -0.39 is 5.97 Å². The summed E-state index contributed by atoms with van der Waals surface area (Å²) in [6.07, 6.45) is 0. The maximum Gasteiger partial charge on any atom is 0.317 e. The SMILES string of the molecule is CN(CC(=O)O)Cc1cc(Cl)ccc1Cl. The number of carboxylic acids is 1. The number of rotatable bonds is 4. The molecule has 0 fully saturated rings. The first kappa shape index (κ1) is 12.3. The van der Waals surface area contributed by atoms with E-state index >= 15 is 0 Å². The van der Waals surface area contributed by atoms with Crippen molar-refractivity contribution in [3.8, 4) is 0 Å². The number of halogens is 2. The van der Waals surface area contributed by atoms with Gasteiger partial charge in [-0.05, 0) is 30.8 Å². The smallest absolute Gasteiger partial charge is 0.317 e. The number of likely N-dealkylation sites (N-methyl/N-ethyl adjacent to an activating group) is 1. The lowest BCUT2D eigenvalue weighted by molar-refractivity contribution is -0.138. The summed E-state index contributed by atoms with van der Waals surface area (Å²) in [6, 6.07) is 5.14. The summed E-state index contributed by atoms with van der Waals surface area (Å²) in [5.41, 5.74) is 0.827. The molecule has 0 saturated carbocycles. The Morgan fingerprint density at radius 3 is 2.73 bits per heavy atom. The Balaban J connectivity index is 2.71. The molecule has 0 aliphatic heterocycles.